The lowest BCUT2D eigenvalue weighted by Crippen LogP contribution is -2.50. The molecule has 2 N–H and O–H groups in total. The van der Waals surface area contributed by atoms with Gasteiger partial charge in [-0.3, -0.25) is 0 Å². The van der Waals surface area contributed by atoms with Crippen LogP contribution in [0.15, 0.2) is 47.4 Å². The Bertz CT molecular complexity index is 1380. The minimum atomic E-state index is -3.93. The molecule has 0 bridgehead atoms. The first kappa shape index (κ1) is 27.3. The van der Waals surface area contributed by atoms with Crippen LogP contribution in [-0.2, 0) is 10.0 Å². The monoisotopic (exact) mass is 557 g/mol. The third-order valence-corrected chi connectivity index (χ3v) is 9.52. The van der Waals surface area contributed by atoms with Gasteiger partial charge in [0.1, 0.15) is 16.7 Å². The maximum atomic E-state index is 13.7. The van der Waals surface area contributed by atoms with Crippen LogP contribution >= 0.6 is 0 Å². The Morgan fingerprint density at radius 2 is 1.97 bits per heavy atom. The van der Waals surface area contributed by atoms with E-state index in [0.717, 1.165) is 24.8 Å². The SMILES string of the molecule is C[C@@H]1CN([C@H](C)CO)S(=O)(=O)c2ccc(C3=CCCC3)cc2O[C@@H]1CN(C)C(=O)Nc1ccc2c(c1)OCO2. The van der Waals surface area contributed by atoms with E-state index in [-0.39, 0.29) is 49.1 Å². The highest BCUT2D eigenvalue weighted by Crippen LogP contribution is 2.38. The van der Waals surface area contributed by atoms with Gasteiger partial charge in [0.2, 0.25) is 16.8 Å². The molecule has 0 saturated heterocycles. The molecule has 0 unspecified atom stereocenters. The molecule has 3 atom stereocenters. The third kappa shape index (κ3) is 5.57. The van der Waals surface area contributed by atoms with Gasteiger partial charge in [-0.05, 0) is 61.6 Å². The van der Waals surface area contributed by atoms with Gasteiger partial charge in [0.05, 0.1) is 13.2 Å². The van der Waals surface area contributed by atoms with E-state index in [1.807, 2.05) is 13.0 Å². The number of rotatable bonds is 6. The Kier molecular flexibility index (Phi) is 7.75. The number of hydrogen-bond donors (Lipinski definition) is 2. The van der Waals surface area contributed by atoms with E-state index in [2.05, 4.69) is 11.4 Å². The summed E-state index contributed by atoms with van der Waals surface area (Å²) in [5, 5.41) is 12.7. The molecular weight excluding hydrogens is 522 g/mol. The third-order valence-electron chi connectivity index (χ3n) is 7.50. The number of aliphatic hydroxyl groups is 1. The van der Waals surface area contributed by atoms with Crippen LogP contribution in [0.2, 0.25) is 0 Å². The number of allylic oxidation sites excluding steroid dienone is 2. The summed E-state index contributed by atoms with van der Waals surface area (Å²) in [5.41, 5.74) is 2.67. The first-order valence-electron chi connectivity index (χ1n) is 13.2. The van der Waals surface area contributed by atoms with Crippen LogP contribution in [0.1, 0.15) is 38.7 Å². The molecule has 39 heavy (non-hydrogen) atoms. The lowest BCUT2D eigenvalue weighted by molar-refractivity contribution is 0.0830. The molecule has 0 spiro atoms. The second kappa shape index (κ2) is 11.1. The van der Waals surface area contributed by atoms with Crippen LogP contribution in [0.5, 0.6) is 17.2 Å². The molecule has 0 aromatic heterocycles. The summed E-state index contributed by atoms with van der Waals surface area (Å²) < 4.78 is 45.9. The molecule has 2 amide bonds. The van der Waals surface area contributed by atoms with Gasteiger partial charge in [0.25, 0.3) is 0 Å². The number of ether oxygens (including phenoxy) is 3. The molecular formula is C28H35N3O7S. The van der Waals surface area contributed by atoms with Gasteiger partial charge >= 0.3 is 6.03 Å². The van der Waals surface area contributed by atoms with Crippen molar-refractivity contribution in [3.63, 3.8) is 0 Å². The molecule has 10 nitrogen and oxygen atoms in total. The number of anilines is 1. The van der Waals surface area contributed by atoms with Crippen LogP contribution < -0.4 is 19.5 Å². The number of carbonyl (C=O) groups excluding carboxylic acids is 1. The van der Waals surface area contributed by atoms with Gasteiger partial charge < -0.3 is 29.5 Å². The number of likely N-dealkylation sites (N-methyl/N-ethyl adjacent to an activating group) is 1. The number of fused-ring (bicyclic) bond motifs is 2. The normalized spacial score (nSPS) is 22.6. The van der Waals surface area contributed by atoms with Gasteiger partial charge in [-0.25, -0.2) is 13.2 Å². The van der Waals surface area contributed by atoms with Crippen molar-refractivity contribution in [3.8, 4) is 17.2 Å². The second-order valence-electron chi connectivity index (χ2n) is 10.4. The molecule has 11 heteroatoms. The number of urea groups is 1. The van der Waals surface area contributed by atoms with E-state index in [1.165, 1.54) is 14.8 Å². The quantitative estimate of drug-likeness (QED) is 0.553. The van der Waals surface area contributed by atoms with Crippen molar-refractivity contribution in [2.45, 2.75) is 50.2 Å². The highest BCUT2D eigenvalue weighted by Gasteiger charge is 2.38. The van der Waals surface area contributed by atoms with Crippen LogP contribution in [0.3, 0.4) is 0 Å². The smallest absolute Gasteiger partial charge is 0.321 e. The molecule has 210 valence electrons. The zero-order chi connectivity index (χ0) is 27.7. The number of aliphatic hydroxyl groups excluding tert-OH is 1. The average molecular weight is 558 g/mol. The van der Waals surface area contributed by atoms with Crippen molar-refractivity contribution in [2.24, 2.45) is 5.92 Å². The van der Waals surface area contributed by atoms with E-state index < -0.39 is 22.2 Å². The first-order valence-corrected chi connectivity index (χ1v) is 14.7. The van der Waals surface area contributed by atoms with E-state index in [4.69, 9.17) is 14.2 Å². The molecule has 0 saturated carbocycles. The Morgan fingerprint density at radius 1 is 1.18 bits per heavy atom. The van der Waals surface area contributed by atoms with Crippen molar-refractivity contribution in [1.82, 2.24) is 9.21 Å². The molecule has 5 rings (SSSR count). The van der Waals surface area contributed by atoms with Gasteiger partial charge in [-0.2, -0.15) is 4.31 Å². The Labute approximate surface area is 229 Å². The Hall–Kier alpha value is -3.28. The van der Waals surface area contributed by atoms with Crippen LogP contribution in [-0.4, -0.2) is 74.4 Å². The molecule has 0 radical (unpaired) electrons. The summed E-state index contributed by atoms with van der Waals surface area (Å²) in [4.78, 5) is 14.7. The number of hydrogen-bond acceptors (Lipinski definition) is 7. The van der Waals surface area contributed by atoms with Gasteiger partial charge in [-0.15, -0.1) is 0 Å². The van der Waals surface area contributed by atoms with Crippen LogP contribution in [0.4, 0.5) is 10.5 Å². The fourth-order valence-electron chi connectivity index (χ4n) is 5.12. The molecule has 1 aliphatic carbocycles. The number of nitrogens with zero attached hydrogens (tertiary/aromatic N) is 2. The van der Waals surface area contributed by atoms with Crippen molar-refractivity contribution < 1.29 is 32.5 Å². The largest absolute Gasteiger partial charge is 0.487 e. The lowest BCUT2D eigenvalue weighted by Gasteiger charge is -2.37. The minimum Gasteiger partial charge on any atom is -0.487 e. The molecule has 2 aromatic rings. The minimum absolute atomic E-state index is 0.0644. The summed E-state index contributed by atoms with van der Waals surface area (Å²) in [6, 6.07) is 9.44. The molecule has 0 fully saturated rings. The van der Waals surface area contributed by atoms with Crippen molar-refractivity contribution in [1.29, 1.82) is 0 Å². The van der Waals surface area contributed by atoms with Gasteiger partial charge in [-0.1, -0.05) is 19.1 Å². The average Bonchev–Trinajstić information content (AvgIpc) is 3.62. The summed E-state index contributed by atoms with van der Waals surface area (Å²) in [6.45, 7) is 3.77. The molecule has 2 aromatic carbocycles. The second-order valence-corrected chi connectivity index (χ2v) is 12.3. The van der Waals surface area contributed by atoms with Gasteiger partial charge in [0, 0.05) is 37.3 Å². The standard InChI is InChI=1S/C28H35N3O7S/c1-18-14-31(19(2)16-32)39(34,35)27-11-8-21(20-6-4-5-7-20)12-25(27)38-26(18)15-30(3)28(33)29-22-9-10-23-24(13-22)37-17-36-23/h6,8-13,18-19,26,32H,4-5,7,14-17H2,1-3H3,(H,29,33)/t18-,19-,26-/m1/s1. The number of benzene rings is 2. The summed E-state index contributed by atoms with van der Waals surface area (Å²) in [7, 11) is -2.26. The van der Waals surface area contributed by atoms with E-state index >= 15 is 0 Å². The first-order chi connectivity index (χ1) is 18.7. The summed E-state index contributed by atoms with van der Waals surface area (Å²) >= 11 is 0. The molecule has 2 aliphatic heterocycles. The highest BCUT2D eigenvalue weighted by molar-refractivity contribution is 7.89. The molecule has 3 aliphatic rings. The fraction of sp³-hybridized carbons (Fsp3) is 0.464. The number of sulfonamides is 1. The van der Waals surface area contributed by atoms with Crippen molar-refractivity contribution in [2.75, 3.05) is 38.9 Å². The summed E-state index contributed by atoms with van der Waals surface area (Å²) in [5.74, 6) is 1.17. The summed E-state index contributed by atoms with van der Waals surface area (Å²) in [6.07, 6.45) is 4.66. The zero-order valence-electron chi connectivity index (χ0n) is 22.4. The Morgan fingerprint density at radius 3 is 2.72 bits per heavy atom. The fourth-order valence-corrected chi connectivity index (χ4v) is 6.95. The predicted molar refractivity (Wildman–Crippen MR) is 147 cm³/mol. The number of amides is 2. The predicted octanol–water partition coefficient (Wildman–Crippen LogP) is 3.92. The Balaban J connectivity index is 1.41. The molecule has 2 heterocycles. The van der Waals surface area contributed by atoms with E-state index in [0.29, 0.717) is 17.2 Å². The maximum Gasteiger partial charge on any atom is 0.321 e. The lowest BCUT2D eigenvalue weighted by atomic mass is 10.0. The van der Waals surface area contributed by atoms with Crippen molar-refractivity contribution >= 4 is 27.3 Å². The number of carbonyl (C=O) groups is 1. The van der Waals surface area contributed by atoms with Crippen LogP contribution in [0, 0.1) is 5.92 Å². The maximum absolute atomic E-state index is 13.7. The zero-order valence-corrected chi connectivity index (χ0v) is 23.2. The van der Waals surface area contributed by atoms with Crippen molar-refractivity contribution in [3.05, 3.63) is 48.0 Å². The number of nitrogens with one attached hydrogen (secondary N) is 1. The van der Waals surface area contributed by atoms with E-state index in [1.54, 1.807) is 44.3 Å². The highest BCUT2D eigenvalue weighted by atomic mass is 32.2. The topological polar surface area (TPSA) is 118 Å². The van der Waals surface area contributed by atoms with Gasteiger partial charge in [0.15, 0.2) is 11.5 Å². The van der Waals surface area contributed by atoms with E-state index in [9.17, 15) is 18.3 Å². The van der Waals surface area contributed by atoms with Crippen LogP contribution in [0.25, 0.3) is 5.57 Å².